The van der Waals surface area contributed by atoms with E-state index in [2.05, 4.69) is 5.32 Å². The quantitative estimate of drug-likeness (QED) is 0.329. The SMILES string of the molecule is CCC(CCC(=O)NCCSCCSCCCN(C)OC)C(C)=O. The van der Waals surface area contributed by atoms with Crippen LogP contribution < -0.4 is 5.32 Å². The molecule has 0 aliphatic heterocycles. The lowest BCUT2D eigenvalue weighted by atomic mass is 9.96. The van der Waals surface area contributed by atoms with Gasteiger partial charge in [-0.3, -0.25) is 9.59 Å². The second kappa shape index (κ2) is 16.2. The molecule has 5 nitrogen and oxygen atoms in total. The van der Waals surface area contributed by atoms with Gasteiger partial charge in [0.15, 0.2) is 0 Å². The van der Waals surface area contributed by atoms with Crippen LogP contribution >= 0.6 is 23.5 Å². The van der Waals surface area contributed by atoms with Crippen molar-refractivity contribution in [3.63, 3.8) is 0 Å². The molecule has 142 valence electrons. The molecule has 0 heterocycles. The number of rotatable bonds is 16. The topological polar surface area (TPSA) is 58.6 Å². The third-order valence-corrected chi connectivity index (χ3v) is 6.12. The summed E-state index contributed by atoms with van der Waals surface area (Å²) in [4.78, 5) is 28.1. The fraction of sp³-hybridized carbons (Fsp3) is 0.882. The summed E-state index contributed by atoms with van der Waals surface area (Å²) in [5.41, 5.74) is 0. The maximum atomic E-state index is 11.7. The standard InChI is InChI=1S/C17H34N2O3S2/c1-5-16(15(2)20)7-8-17(21)18-9-12-24-14-13-23-11-6-10-19(3)22-4/h16H,5-14H2,1-4H3,(H,18,21). The van der Waals surface area contributed by atoms with E-state index in [1.807, 2.05) is 42.6 Å². The van der Waals surface area contributed by atoms with Crippen molar-refractivity contribution in [3.05, 3.63) is 0 Å². The highest BCUT2D eigenvalue weighted by Crippen LogP contribution is 2.12. The lowest BCUT2D eigenvalue weighted by molar-refractivity contribution is -0.123. The molecule has 0 aromatic carbocycles. The van der Waals surface area contributed by atoms with Crippen LogP contribution in [0.15, 0.2) is 0 Å². The van der Waals surface area contributed by atoms with E-state index in [0.717, 1.165) is 42.4 Å². The zero-order valence-corrected chi connectivity index (χ0v) is 17.3. The number of hydrogen-bond donors (Lipinski definition) is 1. The van der Waals surface area contributed by atoms with E-state index in [9.17, 15) is 9.59 Å². The van der Waals surface area contributed by atoms with Gasteiger partial charge in [-0.25, -0.2) is 0 Å². The summed E-state index contributed by atoms with van der Waals surface area (Å²) in [5.74, 6) is 4.64. The summed E-state index contributed by atoms with van der Waals surface area (Å²) in [5, 5.41) is 4.78. The maximum Gasteiger partial charge on any atom is 0.220 e. The van der Waals surface area contributed by atoms with Crippen molar-refractivity contribution in [2.24, 2.45) is 5.92 Å². The molecule has 0 bridgehead atoms. The lowest BCUT2D eigenvalue weighted by Gasteiger charge is -2.12. The molecule has 0 spiro atoms. The minimum atomic E-state index is 0.0332. The summed E-state index contributed by atoms with van der Waals surface area (Å²) in [6.45, 7) is 5.28. The summed E-state index contributed by atoms with van der Waals surface area (Å²) in [6, 6.07) is 0. The van der Waals surface area contributed by atoms with Gasteiger partial charge in [0.05, 0.1) is 7.11 Å². The molecule has 0 saturated carbocycles. The molecule has 7 heteroatoms. The van der Waals surface area contributed by atoms with Crippen molar-refractivity contribution < 1.29 is 14.4 Å². The first kappa shape index (κ1) is 23.8. The zero-order chi connectivity index (χ0) is 18.2. The van der Waals surface area contributed by atoms with Crippen LogP contribution in [0.1, 0.15) is 39.5 Å². The van der Waals surface area contributed by atoms with E-state index in [-0.39, 0.29) is 17.6 Å². The summed E-state index contributed by atoms with van der Waals surface area (Å²) in [6.07, 6.45) is 3.07. The number of hydroxylamine groups is 2. The number of Topliss-reactive ketones (excluding diaryl/α,β-unsaturated/α-hetero) is 1. The van der Waals surface area contributed by atoms with Crippen LogP contribution in [-0.2, 0) is 14.4 Å². The highest BCUT2D eigenvalue weighted by Gasteiger charge is 2.13. The number of carbonyl (C=O) groups excluding carboxylic acids is 2. The smallest absolute Gasteiger partial charge is 0.220 e. The van der Waals surface area contributed by atoms with Crippen LogP contribution in [0.25, 0.3) is 0 Å². The minimum Gasteiger partial charge on any atom is -0.355 e. The maximum absolute atomic E-state index is 11.7. The van der Waals surface area contributed by atoms with Gasteiger partial charge in [-0.2, -0.15) is 28.6 Å². The molecule has 0 aromatic rings. The Morgan fingerprint density at radius 1 is 1.17 bits per heavy atom. The van der Waals surface area contributed by atoms with E-state index in [1.165, 1.54) is 0 Å². The third kappa shape index (κ3) is 14.1. The largest absolute Gasteiger partial charge is 0.355 e. The van der Waals surface area contributed by atoms with Crippen LogP contribution in [0.2, 0.25) is 0 Å². The van der Waals surface area contributed by atoms with Gasteiger partial charge in [-0.15, -0.1) is 0 Å². The van der Waals surface area contributed by atoms with Crippen molar-refractivity contribution in [2.75, 3.05) is 50.3 Å². The van der Waals surface area contributed by atoms with Crippen LogP contribution in [0.3, 0.4) is 0 Å². The second-order valence-corrected chi connectivity index (χ2v) is 8.17. The van der Waals surface area contributed by atoms with Crippen LogP contribution in [0.4, 0.5) is 0 Å². The number of ketones is 1. The predicted molar refractivity (Wildman–Crippen MR) is 106 cm³/mol. The van der Waals surface area contributed by atoms with Crippen molar-refractivity contribution >= 4 is 35.2 Å². The number of amides is 1. The number of nitrogens with one attached hydrogen (secondary N) is 1. The number of carbonyl (C=O) groups is 2. The Labute approximate surface area is 156 Å². The summed E-state index contributed by atoms with van der Waals surface area (Å²) < 4.78 is 0. The van der Waals surface area contributed by atoms with E-state index >= 15 is 0 Å². The Morgan fingerprint density at radius 2 is 1.83 bits per heavy atom. The Balaban J connectivity index is 3.38. The molecular formula is C17H34N2O3S2. The Morgan fingerprint density at radius 3 is 2.42 bits per heavy atom. The molecule has 0 aliphatic rings. The van der Waals surface area contributed by atoms with Crippen LogP contribution in [0, 0.1) is 5.92 Å². The lowest BCUT2D eigenvalue weighted by Crippen LogP contribution is -2.26. The van der Waals surface area contributed by atoms with Crippen molar-refractivity contribution in [2.45, 2.75) is 39.5 Å². The summed E-state index contributed by atoms with van der Waals surface area (Å²) in [7, 11) is 3.63. The Hall–Kier alpha value is -0.240. The average molecular weight is 379 g/mol. The first-order chi connectivity index (χ1) is 11.5. The molecule has 24 heavy (non-hydrogen) atoms. The molecule has 0 aromatic heterocycles. The first-order valence-electron chi connectivity index (χ1n) is 8.69. The van der Waals surface area contributed by atoms with Gasteiger partial charge >= 0.3 is 0 Å². The van der Waals surface area contributed by atoms with Gasteiger partial charge in [0.25, 0.3) is 0 Å². The zero-order valence-electron chi connectivity index (χ0n) is 15.6. The van der Waals surface area contributed by atoms with Gasteiger partial charge in [-0.1, -0.05) is 6.92 Å². The molecule has 0 fully saturated rings. The first-order valence-corrected chi connectivity index (χ1v) is 11.0. The van der Waals surface area contributed by atoms with Gasteiger partial charge < -0.3 is 10.2 Å². The van der Waals surface area contributed by atoms with Gasteiger partial charge in [0.2, 0.25) is 5.91 Å². The minimum absolute atomic E-state index is 0.0332. The van der Waals surface area contributed by atoms with Crippen molar-refractivity contribution in [1.29, 1.82) is 0 Å². The van der Waals surface area contributed by atoms with E-state index in [4.69, 9.17) is 4.84 Å². The molecule has 1 atom stereocenters. The molecule has 0 radical (unpaired) electrons. The molecule has 1 unspecified atom stereocenters. The van der Waals surface area contributed by atoms with Gasteiger partial charge in [0, 0.05) is 49.7 Å². The molecule has 0 saturated heterocycles. The molecule has 1 amide bonds. The van der Waals surface area contributed by atoms with Gasteiger partial charge in [0.1, 0.15) is 5.78 Å². The van der Waals surface area contributed by atoms with Crippen molar-refractivity contribution in [1.82, 2.24) is 10.4 Å². The predicted octanol–water partition coefficient (Wildman–Crippen LogP) is 2.85. The van der Waals surface area contributed by atoms with Crippen LogP contribution in [0.5, 0.6) is 0 Å². The second-order valence-electron chi connectivity index (χ2n) is 5.72. The normalized spacial score (nSPS) is 12.4. The molecule has 0 aliphatic carbocycles. The van der Waals surface area contributed by atoms with E-state index < -0.39 is 0 Å². The molecule has 0 rings (SSSR count). The molecular weight excluding hydrogens is 344 g/mol. The number of hydrogen-bond acceptors (Lipinski definition) is 6. The average Bonchev–Trinajstić information content (AvgIpc) is 2.56. The Bertz CT molecular complexity index is 344. The Kier molecular flexibility index (Phi) is 16.1. The fourth-order valence-electron chi connectivity index (χ4n) is 2.15. The number of thioether (sulfide) groups is 2. The highest BCUT2D eigenvalue weighted by atomic mass is 32.2. The van der Waals surface area contributed by atoms with Crippen LogP contribution in [-0.4, -0.2) is 67.0 Å². The van der Waals surface area contributed by atoms with Crippen molar-refractivity contribution in [3.8, 4) is 0 Å². The fourth-order valence-corrected chi connectivity index (χ4v) is 4.08. The molecule has 1 N–H and O–H groups in total. The van der Waals surface area contributed by atoms with E-state index in [0.29, 0.717) is 19.4 Å². The number of nitrogens with zero attached hydrogens (tertiary/aromatic N) is 1. The summed E-state index contributed by atoms with van der Waals surface area (Å²) >= 11 is 3.84. The monoisotopic (exact) mass is 378 g/mol. The van der Waals surface area contributed by atoms with E-state index in [1.54, 1.807) is 14.0 Å². The third-order valence-electron chi connectivity index (χ3n) is 3.80. The van der Waals surface area contributed by atoms with Gasteiger partial charge in [-0.05, 0) is 31.9 Å². The highest BCUT2D eigenvalue weighted by molar-refractivity contribution is 8.02.